The van der Waals surface area contributed by atoms with Gasteiger partial charge in [-0.05, 0) is 46.3 Å². The van der Waals surface area contributed by atoms with Crippen LogP contribution in [0.25, 0.3) is 0 Å². The first-order valence-corrected chi connectivity index (χ1v) is 10.4. The average Bonchev–Trinajstić information content (AvgIpc) is 3.13. The van der Waals surface area contributed by atoms with Crippen LogP contribution in [-0.2, 0) is 0 Å². The quantitative estimate of drug-likeness (QED) is 0.369. The Kier molecular flexibility index (Phi) is 6.70. The smallest absolute Gasteiger partial charge is 0.210 e. The van der Waals surface area contributed by atoms with E-state index >= 15 is 0 Å². The number of hydrogen-bond acceptors (Lipinski definition) is 8. The predicted octanol–water partition coefficient (Wildman–Crippen LogP) is 5.04. The molecule has 3 aromatic rings. The minimum Gasteiger partial charge on any atom is -0.496 e. The molecule has 3 rings (SSSR count). The van der Waals surface area contributed by atoms with E-state index in [4.69, 9.17) is 9.47 Å². The van der Waals surface area contributed by atoms with E-state index < -0.39 is 0 Å². The number of carbonyl (C=O) groups excluding carboxylic acids is 1. The van der Waals surface area contributed by atoms with E-state index in [2.05, 4.69) is 31.4 Å². The third-order valence-electron chi connectivity index (χ3n) is 3.56. The number of thioether (sulfide) groups is 1. The summed E-state index contributed by atoms with van der Waals surface area (Å²) < 4.78 is 12.0. The average molecular weight is 466 g/mol. The summed E-state index contributed by atoms with van der Waals surface area (Å²) in [6.07, 6.45) is 0. The molecule has 27 heavy (non-hydrogen) atoms. The molecule has 9 heteroatoms. The maximum Gasteiger partial charge on any atom is 0.210 e. The van der Waals surface area contributed by atoms with Gasteiger partial charge in [0.2, 0.25) is 5.13 Å². The number of Topliss-reactive ketones (excluding diaryl/α,β-unsaturated/α-hetero) is 1. The van der Waals surface area contributed by atoms with Crippen molar-refractivity contribution in [3.05, 3.63) is 52.5 Å². The number of benzene rings is 2. The van der Waals surface area contributed by atoms with Crippen molar-refractivity contribution >= 4 is 55.6 Å². The first-order valence-electron chi connectivity index (χ1n) is 7.84. The third kappa shape index (κ3) is 5.00. The second-order valence-electron chi connectivity index (χ2n) is 5.26. The summed E-state index contributed by atoms with van der Waals surface area (Å²) in [5.41, 5.74) is 1.43. The van der Waals surface area contributed by atoms with Crippen molar-refractivity contribution in [1.82, 2.24) is 10.2 Å². The molecule has 6 nitrogen and oxygen atoms in total. The van der Waals surface area contributed by atoms with Gasteiger partial charge in [0.05, 0.1) is 30.1 Å². The van der Waals surface area contributed by atoms with E-state index in [0.717, 1.165) is 15.9 Å². The molecule has 0 aliphatic carbocycles. The SMILES string of the molecule is COc1ccc(C(=O)CSc2nnc(Nc3ccccc3OC)s2)cc1Br. The molecule has 1 N–H and O–H groups in total. The molecule has 2 aromatic carbocycles. The van der Waals surface area contributed by atoms with Crippen molar-refractivity contribution in [3.8, 4) is 11.5 Å². The van der Waals surface area contributed by atoms with Gasteiger partial charge >= 0.3 is 0 Å². The zero-order chi connectivity index (χ0) is 19.2. The van der Waals surface area contributed by atoms with Gasteiger partial charge in [-0.2, -0.15) is 0 Å². The van der Waals surface area contributed by atoms with E-state index in [1.165, 1.54) is 23.1 Å². The Hall–Kier alpha value is -2.10. The lowest BCUT2D eigenvalue weighted by molar-refractivity contribution is 0.102. The number of ketones is 1. The maximum absolute atomic E-state index is 12.4. The highest BCUT2D eigenvalue weighted by molar-refractivity contribution is 9.10. The first kappa shape index (κ1) is 19.7. The summed E-state index contributed by atoms with van der Waals surface area (Å²) in [5, 5.41) is 12.1. The van der Waals surface area contributed by atoms with Crippen molar-refractivity contribution in [2.24, 2.45) is 0 Å². The number of methoxy groups -OCH3 is 2. The summed E-state index contributed by atoms with van der Waals surface area (Å²) in [6, 6.07) is 12.9. The van der Waals surface area contributed by atoms with Gasteiger partial charge in [-0.3, -0.25) is 4.79 Å². The lowest BCUT2D eigenvalue weighted by Crippen LogP contribution is -2.02. The molecular weight excluding hydrogens is 450 g/mol. The van der Waals surface area contributed by atoms with Gasteiger partial charge in [-0.25, -0.2) is 0 Å². The fraction of sp³-hybridized carbons (Fsp3) is 0.167. The van der Waals surface area contributed by atoms with Crippen molar-refractivity contribution in [3.63, 3.8) is 0 Å². The van der Waals surface area contributed by atoms with Crippen LogP contribution in [0.1, 0.15) is 10.4 Å². The van der Waals surface area contributed by atoms with Crippen LogP contribution in [0.15, 0.2) is 51.3 Å². The summed E-state index contributed by atoms with van der Waals surface area (Å²) in [4.78, 5) is 12.4. The van der Waals surface area contributed by atoms with E-state index in [1.807, 2.05) is 24.3 Å². The van der Waals surface area contributed by atoms with Crippen molar-refractivity contribution < 1.29 is 14.3 Å². The first-order chi connectivity index (χ1) is 13.1. The minimum atomic E-state index is 0.0118. The molecular formula is C18H16BrN3O3S2. The molecule has 0 radical (unpaired) electrons. The number of aromatic nitrogens is 2. The Balaban J connectivity index is 1.61. The zero-order valence-electron chi connectivity index (χ0n) is 14.6. The summed E-state index contributed by atoms with van der Waals surface area (Å²) in [6.45, 7) is 0. The van der Waals surface area contributed by atoms with Crippen LogP contribution in [0, 0.1) is 0 Å². The maximum atomic E-state index is 12.4. The number of nitrogens with one attached hydrogen (secondary N) is 1. The second-order valence-corrected chi connectivity index (χ2v) is 8.31. The van der Waals surface area contributed by atoms with Crippen LogP contribution in [-0.4, -0.2) is 36.0 Å². The molecule has 140 valence electrons. The Bertz CT molecular complexity index is 949. The van der Waals surface area contributed by atoms with Crippen LogP contribution in [0.2, 0.25) is 0 Å². The highest BCUT2D eigenvalue weighted by Gasteiger charge is 2.13. The van der Waals surface area contributed by atoms with Crippen molar-refractivity contribution in [1.29, 1.82) is 0 Å². The second kappa shape index (κ2) is 9.20. The lowest BCUT2D eigenvalue weighted by atomic mass is 10.1. The number of nitrogens with zero attached hydrogens (tertiary/aromatic N) is 2. The highest BCUT2D eigenvalue weighted by atomic mass is 79.9. The van der Waals surface area contributed by atoms with Crippen LogP contribution in [0.4, 0.5) is 10.8 Å². The summed E-state index contributed by atoms with van der Waals surface area (Å²) in [5.74, 6) is 1.71. The van der Waals surface area contributed by atoms with E-state index in [0.29, 0.717) is 20.8 Å². The van der Waals surface area contributed by atoms with Crippen molar-refractivity contribution in [2.75, 3.05) is 25.3 Å². The Morgan fingerprint density at radius 3 is 2.67 bits per heavy atom. The molecule has 0 unspecified atom stereocenters. The fourth-order valence-corrected chi connectivity index (χ4v) is 4.43. The van der Waals surface area contributed by atoms with E-state index in [-0.39, 0.29) is 11.5 Å². The number of anilines is 2. The molecule has 1 heterocycles. The van der Waals surface area contributed by atoms with Gasteiger partial charge in [-0.1, -0.05) is 35.2 Å². The van der Waals surface area contributed by atoms with Gasteiger partial charge in [0, 0.05) is 5.56 Å². The molecule has 0 atom stereocenters. The number of carbonyl (C=O) groups is 1. The van der Waals surface area contributed by atoms with Crippen LogP contribution < -0.4 is 14.8 Å². The van der Waals surface area contributed by atoms with E-state index in [9.17, 15) is 4.79 Å². The minimum absolute atomic E-state index is 0.0118. The number of hydrogen-bond donors (Lipinski definition) is 1. The Labute approximate surface area is 173 Å². The molecule has 0 amide bonds. The predicted molar refractivity (Wildman–Crippen MR) is 112 cm³/mol. The topological polar surface area (TPSA) is 73.3 Å². The Morgan fingerprint density at radius 1 is 1.15 bits per heavy atom. The monoisotopic (exact) mass is 465 g/mol. The number of halogens is 1. The van der Waals surface area contributed by atoms with Crippen LogP contribution >= 0.6 is 39.0 Å². The number of rotatable bonds is 8. The van der Waals surface area contributed by atoms with Gasteiger partial charge < -0.3 is 14.8 Å². The third-order valence-corrected chi connectivity index (χ3v) is 6.15. The van der Waals surface area contributed by atoms with E-state index in [1.54, 1.807) is 32.4 Å². The summed E-state index contributed by atoms with van der Waals surface area (Å²) in [7, 11) is 3.20. The largest absolute Gasteiger partial charge is 0.496 e. The normalized spacial score (nSPS) is 10.5. The molecule has 0 saturated carbocycles. The number of ether oxygens (including phenoxy) is 2. The zero-order valence-corrected chi connectivity index (χ0v) is 17.8. The molecule has 0 bridgehead atoms. The van der Waals surface area contributed by atoms with Gasteiger partial charge in [-0.15, -0.1) is 10.2 Å². The van der Waals surface area contributed by atoms with Gasteiger partial charge in [0.15, 0.2) is 10.1 Å². The molecule has 0 saturated heterocycles. The Morgan fingerprint density at radius 2 is 1.93 bits per heavy atom. The standard InChI is InChI=1S/C18H16BrN3O3S2/c1-24-15-8-7-11(9-12(15)19)14(23)10-26-18-22-21-17(27-18)20-13-5-3-4-6-16(13)25-2/h3-9H,10H2,1-2H3,(H,20,21). The lowest BCUT2D eigenvalue weighted by Gasteiger charge is -2.07. The molecule has 0 spiro atoms. The van der Waals surface area contributed by atoms with Crippen LogP contribution in [0.5, 0.6) is 11.5 Å². The number of para-hydroxylation sites is 2. The molecule has 0 aliphatic rings. The highest BCUT2D eigenvalue weighted by Crippen LogP contribution is 2.32. The summed E-state index contributed by atoms with van der Waals surface area (Å²) >= 11 is 6.14. The van der Waals surface area contributed by atoms with Crippen molar-refractivity contribution in [2.45, 2.75) is 4.34 Å². The van der Waals surface area contributed by atoms with Crippen LogP contribution in [0.3, 0.4) is 0 Å². The molecule has 1 aromatic heterocycles. The molecule has 0 fully saturated rings. The molecule has 0 aliphatic heterocycles. The van der Waals surface area contributed by atoms with Gasteiger partial charge in [0.1, 0.15) is 11.5 Å². The fourth-order valence-electron chi connectivity index (χ4n) is 2.23. The van der Waals surface area contributed by atoms with Gasteiger partial charge in [0.25, 0.3) is 0 Å².